The minimum atomic E-state index is 0.456. The van der Waals surface area contributed by atoms with Gasteiger partial charge in [0.2, 0.25) is 0 Å². The molecule has 0 saturated carbocycles. The molecule has 0 unspecified atom stereocenters. The summed E-state index contributed by atoms with van der Waals surface area (Å²) in [7, 11) is 3.18. The number of hydrogen-bond donors (Lipinski definition) is 1. The van der Waals surface area contributed by atoms with Crippen LogP contribution >= 0.6 is 11.3 Å². The maximum atomic E-state index is 9.65. The number of rotatable bonds is 7. The molecule has 0 aliphatic heterocycles. The molecule has 0 saturated heterocycles. The van der Waals surface area contributed by atoms with E-state index in [0.717, 1.165) is 22.5 Å². The summed E-state index contributed by atoms with van der Waals surface area (Å²) in [6, 6.07) is 26.2. The van der Waals surface area contributed by atoms with Crippen LogP contribution in [0.1, 0.15) is 5.01 Å². The van der Waals surface area contributed by atoms with Crippen LogP contribution in [0.5, 0.6) is 11.5 Å². The zero-order valence-electron chi connectivity index (χ0n) is 17.7. The van der Waals surface area contributed by atoms with Gasteiger partial charge in [0.15, 0.2) is 11.5 Å². The average Bonchev–Trinajstić information content (AvgIpc) is 3.35. The fourth-order valence-electron chi connectivity index (χ4n) is 3.22. The Balaban J connectivity index is 1.52. The monoisotopic (exact) mass is 439 g/mol. The zero-order chi connectivity index (χ0) is 22.3. The van der Waals surface area contributed by atoms with Crippen molar-refractivity contribution in [2.24, 2.45) is 0 Å². The minimum Gasteiger partial charge on any atom is -0.493 e. The third-order valence-electron chi connectivity index (χ3n) is 4.91. The SMILES string of the molecule is COc1ccc(NC=C(C#N)c2nc(-c3ccc(-c4ccccc4)cc3)cs2)cc1OC. The summed E-state index contributed by atoms with van der Waals surface area (Å²) in [6.07, 6.45) is 1.66. The maximum absolute atomic E-state index is 9.65. The fraction of sp³-hybridized carbons (Fsp3) is 0.0769. The fourth-order valence-corrected chi connectivity index (χ4v) is 4.01. The van der Waals surface area contributed by atoms with E-state index in [0.29, 0.717) is 22.1 Å². The second-order valence-electron chi connectivity index (χ2n) is 6.87. The van der Waals surface area contributed by atoms with Gasteiger partial charge in [-0.05, 0) is 23.3 Å². The van der Waals surface area contributed by atoms with Gasteiger partial charge in [-0.3, -0.25) is 0 Å². The molecule has 0 spiro atoms. The zero-order valence-corrected chi connectivity index (χ0v) is 18.5. The topological polar surface area (TPSA) is 67.2 Å². The van der Waals surface area contributed by atoms with Crippen molar-refractivity contribution in [2.45, 2.75) is 0 Å². The molecule has 0 aliphatic carbocycles. The molecule has 0 radical (unpaired) electrons. The van der Waals surface area contributed by atoms with E-state index < -0.39 is 0 Å². The van der Waals surface area contributed by atoms with Crippen LogP contribution in [-0.2, 0) is 0 Å². The van der Waals surface area contributed by atoms with Crippen molar-refractivity contribution in [1.29, 1.82) is 5.26 Å². The first-order valence-electron chi connectivity index (χ1n) is 9.92. The lowest BCUT2D eigenvalue weighted by Gasteiger charge is -2.09. The lowest BCUT2D eigenvalue weighted by Crippen LogP contribution is -1.94. The molecular formula is C26H21N3O2S. The summed E-state index contributed by atoms with van der Waals surface area (Å²) in [4.78, 5) is 4.67. The van der Waals surface area contributed by atoms with Gasteiger partial charge < -0.3 is 14.8 Å². The van der Waals surface area contributed by atoms with Crippen LogP contribution in [-0.4, -0.2) is 19.2 Å². The van der Waals surface area contributed by atoms with Gasteiger partial charge in [-0.2, -0.15) is 5.26 Å². The minimum absolute atomic E-state index is 0.456. The molecule has 1 heterocycles. The summed E-state index contributed by atoms with van der Waals surface area (Å²) in [6.45, 7) is 0. The number of benzene rings is 3. The van der Waals surface area contributed by atoms with Crippen molar-refractivity contribution >= 4 is 22.6 Å². The second kappa shape index (κ2) is 9.82. The van der Waals surface area contributed by atoms with Crippen molar-refractivity contribution < 1.29 is 9.47 Å². The number of nitrogens with one attached hydrogen (secondary N) is 1. The Morgan fingerprint density at radius 1 is 0.906 bits per heavy atom. The van der Waals surface area contributed by atoms with Gasteiger partial charge in [0, 0.05) is 28.9 Å². The molecule has 0 atom stereocenters. The summed E-state index contributed by atoms with van der Waals surface area (Å²) in [5, 5.41) is 15.4. The van der Waals surface area contributed by atoms with E-state index in [1.54, 1.807) is 20.4 Å². The van der Waals surface area contributed by atoms with Crippen LogP contribution in [0.15, 0.2) is 84.4 Å². The Morgan fingerprint density at radius 2 is 1.59 bits per heavy atom. The first kappa shape index (κ1) is 21.2. The highest BCUT2D eigenvalue weighted by Gasteiger charge is 2.10. The van der Waals surface area contributed by atoms with Gasteiger partial charge >= 0.3 is 0 Å². The summed E-state index contributed by atoms with van der Waals surface area (Å²) >= 11 is 1.44. The number of anilines is 1. The van der Waals surface area contributed by atoms with Crippen LogP contribution < -0.4 is 14.8 Å². The highest BCUT2D eigenvalue weighted by Crippen LogP contribution is 2.31. The van der Waals surface area contributed by atoms with Gasteiger partial charge in [0.05, 0.1) is 19.9 Å². The second-order valence-corrected chi connectivity index (χ2v) is 7.72. The maximum Gasteiger partial charge on any atom is 0.162 e. The molecule has 0 fully saturated rings. The summed E-state index contributed by atoms with van der Waals surface area (Å²) < 4.78 is 10.6. The first-order valence-corrected chi connectivity index (χ1v) is 10.8. The number of nitriles is 1. The predicted molar refractivity (Wildman–Crippen MR) is 130 cm³/mol. The van der Waals surface area contributed by atoms with Crippen LogP contribution in [0.4, 0.5) is 5.69 Å². The van der Waals surface area contributed by atoms with E-state index in [4.69, 9.17) is 9.47 Å². The van der Waals surface area contributed by atoms with Crippen molar-refractivity contribution in [2.75, 3.05) is 19.5 Å². The van der Waals surface area contributed by atoms with Gasteiger partial charge in [-0.15, -0.1) is 11.3 Å². The number of allylic oxidation sites excluding steroid dienone is 1. The van der Waals surface area contributed by atoms with Crippen molar-refractivity contribution in [3.05, 3.63) is 89.4 Å². The Bertz CT molecular complexity index is 1270. The van der Waals surface area contributed by atoms with Crippen LogP contribution in [0.25, 0.3) is 28.0 Å². The molecular weight excluding hydrogens is 418 g/mol. The van der Waals surface area contributed by atoms with Crippen LogP contribution in [0.3, 0.4) is 0 Å². The Kier molecular flexibility index (Phi) is 6.49. The molecule has 1 N–H and O–H groups in total. The Morgan fingerprint density at radius 3 is 2.28 bits per heavy atom. The molecule has 3 aromatic carbocycles. The number of thiazole rings is 1. The normalized spacial score (nSPS) is 11.0. The Labute approximate surface area is 191 Å². The molecule has 158 valence electrons. The quantitative estimate of drug-likeness (QED) is 0.334. The molecule has 4 rings (SSSR count). The smallest absolute Gasteiger partial charge is 0.162 e. The molecule has 0 bridgehead atoms. The van der Waals surface area contributed by atoms with E-state index in [1.165, 1.54) is 16.9 Å². The van der Waals surface area contributed by atoms with Gasteiger partial charge in [0.25, 0.3) is 0 Å². The lowest BCUT2D eigenvalue weighted by molar-refractivity contribution is 0.355. The van der Waals surface area contributed by atoms with Crippen molar-refractivity contribution in [3.8, 4) is 40.0 Å². The molecule has 0 aliphatic rings. The number of methoxy groups -OCH3 is 2. The highest BCUT2D eigenvalue weighted by atomic mass is 32.1. The number of hydrogen-bond acceptors (Lipinski definition) is 6. The third-order valence-corrected chi connectivity index (χ3v) is 5.79. The van der Waals surface area contributed by atoms with E-state index in [-0.39, 0.29) is 0 Å². The highest BCUT2D eigenvalue weighted by molar-refractivity contribution is 7.11. The molecule has 32 heavy (non-hydrogen) atoms. The van der Waals surface area contributed by atoms with E-state index >= 15 is 0 Å². The van der Waals surface area contributed by atoms with Gasteiger partial charge in [-0.25, -0.2) is 4.98 Å². The summed E-state index contributed by atoms with van der Waals surface area (Å²) in [5.74, 6) is 1.25. The van der Waals surface area contributed by atoms with E-state index in [9.17, 15) is 5.26 Å². The first-order chi connectivity index (χ1) is 15.7. The van der Waals surface area contributed by atoms with Gasteiger partial charge in [-0.1, -0.05) is 54.6 Å². The van der Waals surface area contributed by atoms with Crippen LogP contribution in [0, 0.1) is 11.3 Å². The lowest BCUT2D eigenvalue weighted by atomic mass is 10.0. The molecule has 0 amide bonds. The molecule has 6 heteroatoms. The van der Waals surface area contributed by atoms with Gasteiger partial charge in [0.1, 0.15) is 16.6 Å². The number of nitrogens with zero attached hydrogens (tertiary/aromatic N) is 2. The molecule has 4 aromatic rings. The molecule has 1 aromatic heterocycles. The number of aromatic nitrogens is 1. The third kappa shape index (κ3) is 4.64. The Hall–Kier alpha value is -4.08. The molecule has 5 nitrogen and oxygen atoms in total. The van der Waals surface area contributed by atoms with E-state index in [2.05, 4.69) is 52.8 Å². The largest absolute Gasteiger partial charge is 0.493 e. The van der Waals surface area contributed by atoms with Crippen molar-refractivity contribution in [1.82, 2.24) is 4.98 Å². The van der Waals surface area contributed by atoms with E-state index in [1.807, 2.05) is 41.8 Å². The number of ether oxygens (including phenoxy) is 2. The standard InChI is InChI=1S/C26H21N3O2S/c1-30-24-13-12-22(14-25(24)31-2)28-16-21(15-27)26-29-23(17-32-26)20-10-8-19(9-11-20)18-6-4-3-5-7-18/h3-14,16-17,28H,1-2H3. The average molecular weight is 440 g/mol. The predicted octanol–water partition coefficient (Wildman–Crippen LogP) is 6.47. The van der Waals surface area contributed by atoms with Crippen LogP contribution in [0.2, 0.25) is 0 Å². The van der Waals surface area contributed by atoms with Crippen molar-refractivity contribution in [3.63, 3.8) is 0 Å². The summed E-state index contributed by atoms with van der Waals surface area (Å²) in [5.41, 5.74) is 5.42.